The first-order valence-electron chi connectivity index (χ1n) is 5.83. The summed E-state index contributed by atoms with van der Waals surface area (Å²) in [5.41, 5.74) is -0.747. The van der Waals surface area contributed by atoms with Gasteiger partial charge in [-0.2, -0.15) is 0 Å². The Morgan fingerprint density at radius 3 is 2.22 bits per heavy atom. The van der Waals surface area contributed by atoms with Crippen molar-refractivity contribution in [2.75, 3.05) is 7.11 Å². The predicted molar refractivity (Wildman–Crippen MR) is 61.7 cm³/mol. The van der Waals surface area contributed by atoms with E-state index in [4.69, 9.17) is 18.9 Å². The Balaban J connectivity index is 2.83. The van der Waals surface area contributed by atoms with Gasteiger partial charge in [0.05, 0.1) is 6.10 Å². The highest BCUT2D eigenvalue weighted by molar-refractivity contribution is 5.66. The van der Waals surface area contributed by atoms with Gasteiger partial charge in [-0.05, 0) is 13.8 Å². The zero-order valence-electron chi connectivity index (χ0n) is 11.4. The van der Waals surface area contributed by atoms with Crippen LogP contribution < -0.4 is 0 Å². The third-order valence-corrected chi connectivity index (χ3v) is 3.02. The van der Waals surface area contributed by atoms with Crippen LogP contribution in [0, 0.1) is 0 Å². The van der Waals surface area contributed by atoms with E-state index in [9.17, 15) is 9.59 Å². The quantitative estimate of drug-likeness (QED) is 0.706. The topological polar surface area (TPSA) is 71.1 Å². The van der Waals surface area contributed by atoms with Crippen LogP contribution in [0.2, 0.25) is 0 Å². The molecule has 4 atom stereocenters. The van der Waals surface area contributed by atoms with Crippen LogP contribution in [0.3, 0.4) is 0 Å². The highest BCUT2D eigenvalue weighted by Gasteiger charge is 2.48. The maximum Gasteiger partial charge on any atom is 0.304 e. The first-order chi connectivity index (χ1) is 8.28. The van der Waals surface area contributed by atoms with E-state index in [2.05, 4.69) is 0 Å². The van der Waals surface area contributed by atoms with Crippen molar-refractivity contribution < 1.29 is 28.5 Å². The zero-order valence-corrected chi connectivity index (χ0v) is 11.4. The van der Waals surface area contributed by atoms with Gasteiger partial charge in [0, 0.05) is 27.4 Å². The standard InChI is InChI=1S/C12H20O6/c1-7-11(18-9(3)14)12(4,15-5)6-10(16-7)17-8(2)13/h7,10-11H,6H2,1-5H3/t7-,10+,11-,12+/m0/s1. The van der Waals surface area contributed by atoms with Crippen molar-refractivity contribution in [3.63, 3.8) is 0 Å². The third-order valence-electron chi connectivity index (χ3n) is 3.02. The minimum Gasteiger partial charge on any atom is -0.457 e. The van der Waals surface area contributed by atoms with Crippen LogP contribution in [0.5, 0.6) is 0 Å². The smallest absolute Gasteiger partial charge is 0.304 e. The van der Waals surface area contributed by atoms with E-state index in [1.165, 1.54) is 21.0 Å². The molecule has 0 spiro atoms. The van der Waals surface area contributed by atoms with Crippen LogP contribution in [0.1, 0.15) is 34.1 Å². The van der Waals surface area contributed by atoms with Gasteiger partial charge in [-0.3, -0.25) is 9.59 Å². The molecule has 1 saturated heterocycles. The van der Waals surface area contributed by atoms with Crippen molar-refractivity contribution in [2.45, 2.75) is 58.2 Å². The van der Waals surface area contributed by atoms with Crippen molar-refractivity contribution in [1.82, 2.24) is 0 Å². The van der Waals surface area contributed by atoms with Gasteiger partial charge in [-0.25, -0.2) is 0 Å². The van der Waals surface area contributed by atoms with Crippen LogP contribution >= 0.6 is 0 Å². The summed E-state index contributed by atoms with van der Waals surface area (Å²) in [5.74, 6) is -0.818. The molecule has 0 aromatic carbocycles. The molecule has 0 N–H and O–H groups in total. The SMILES string of the molecule is CO[C@]1(C)C[C@@H](OC(C)=O)O[C@@H](C)[C@@H]1OC(C)=O. The molecular formula is C12H20O6. The fraction of sp³-hybridized carbons (Fsp3) is 0.833. The second-order valence-electron chi connectivity index (χ2n) is 4.63. The zero-order chi connectivity index (χ0) is 13.9. The molecule has 1 aliphatic heterocycles. The van der Waals surface area contributed by atoms with E-state index in [0.29, 0.717) is 6.42 Å². The number of carbonyl (C=O) groups excluding carboxylic acids is 2. The summed E-state index contributed by atoms with van der Waals surface area (Å²) in [5, 5.41) is 0. The van der Waals surface area contributed by atoms with Gasteiger partial charge < -0.3 is 18.9 Å². The van der Waals surface area contributed by atoms with Crippen molar-refractivity contribution in [2.24, 2.45) is 0 Å². The molecule has 1 heterocycles. The highest BCUT2D eigenvalue weighted by Crippen LogP contribution is 2.34. The number of hydrogen-bond donors (Lipinski definition) is 0. The molecule has 0 radical (unpaired) electrons. The number of methoxy groups -OCH3 is 1. The summed E-state index contributed by atoms with van der Waals surface area (Å²) < 4.78 is 21.2. The van der Waals surface area contributed by atoms with Crippen molar-refractivity contribution in [3.8, 4) is 0 Å². The number of hydrogen-bond acceptors (Lipinski definition) is 6. The lowest BCUT2D eigenvalue weighted by Gasteiger charge is -2.45. The number of esters is 2. The van der Waals surface area contributed by atoms with Crippen molar-refractivity contribution in [3.05, 3.63) is 0 Å². The maximum absolute atomic E-state index is 11.1. The average molecular weight is 260 g/mol. The van der Waals surface area contributed by atoms with E-state index in [1.807, 2.05) is 0 Å². The summed E-state index contributed by atoms with van der Waals surface area (Å²) in [6.45, 7) is 6.20. The van der Waals surface area contributed by atoms with E-state index in [-0.39, 0.29) is 0 Å². The summed E-state index contributed by atoms with van der Waals surface area (Å²) >= 11 is 0. The number of rotatable bonds is 3. The van der Waals surface area contributed by atoms with Gasteiger partial charge in [0.15, 0.2) is 6.10 Å². The molecule has 0 aromatic heterocycles. The lowest BCUT2D eigenvalue weighted by Crippen LogP contribution is -2.58. The van der Waals surface area contributed by atoms with Gasteiger partial charge in [-0.1, -0.05) is 0 Å². The minimum absolute atomic E-state index is 0.311. The van der Waals surface area contributed by atoms with Crippen molar-refractivity contribution >= 4 is 11.9 Å². The van der Waals surface area contributed by atoms with Crippen LogP contribution in [-0.2, 0) is 28.5 Å². The van der Waals surface area contributed by atoms with E-state index < -0.39 is 36.0 Å². The Labute approximate surface area is 107 Å². The maximum atomic E-state index is 11.1. The summed E-state index contributed by atoms with van der Waals surface area (Å²) in [6.07, 6.45) is -1.33. The van der Waals surface area contributed by atoms with E-state index >= 15 is 0 Å². The van der Waals surface area contributed by atoms with Gasteiger partial charge >= 0.3 is 11.9 Å². The molecular weight excluding hydrogens is 240 g/mol. The van der Waals surface area contributed by atoms with E-state index in [1.54, 1.807) is 13.8 Å². The molecule has 0 amide bonds. The van der Waals surface area contributed by atoms with Gasteiger partial charge in [0.1, 0.15) is 5.60 Å². The fourth-order valence-electron chi connectivity index (χ4n) is 2.16. The molecule has 6 nitrogen and oxygen atoms in total. The Kier molecular flexibility index (Phi) is 4.70. The van der Waals surface area contributed by atoms with Gasteiger partial charge in [-0.15, -0.1) is 0 Å². The molecule has 104 valence electrons. The van der Waals surface area contributed by atoms with Crippen molar-refractivity contribution in [1.29, 1.82) is 0 Å². The Morgan fingerprint density at radius 2 is 1.78 bits per heavy atom. The van der Waals surface area contributed by atoms with Crippen LogP contribution in [-0.4, -0.2) is 43.1 Å². The molecule has 6 heteroatoms. The Morgan fingerprint density at radius 1 is 1.22 bits per heavy atom. The second-order valence-corrected chi connectivity index (χ2v) is 4.63. The number of carbonyl (C=O) groups is 2. The summed E-state index contributed by atoms with van der Waals surface area (Å²) in [7, 11) is 1.53. The molecule has 0 unspecified atom stereocenters. The molecule has 0 aromatic rings. The molecule has 0 aliphatic carbocycles. The molecule has 0 saturated carbocycles. The fourth-order valence-corrected chi connectivity index (χ4v) is 2.16. The minimum atomic E-state index is -0.747. The Hall–Kier alpha value is -1.14. The van der Waals surface area contributed by atoms with Gasteiger partial charge in [0.2, 0.25) is 6.29 Å². The normalized spacial score (nSPS) is 35.9. The lowest BCUT2D eigenvalue weighted by molar-refractivity contribution is -0.274. The average Bonchev–Trinajstić information content (AvgIpc) is 2.22. The third kappa shape index (κ3) is 3.43. The first kappa shape index (κ1) is 14.9. The van der Waals surface area contributed by atoms with Crippen LogP contribution in [0.15, 0.2) is 0 Å². The molecule has 1 fully saturated rings. The first-order valence-corrected chi connectivity index (χ1v) is 5.83. The molecule has 1 rings (SSSR count). The monoisotopic (exact) mass is 260 g/mol. The van der Waals surface area contributed by atoms with E-state index in [0.717, 1.165) is 0 Å². The predicted octanol–water partition coefficient (Wildman–Crippen LogP) is 1.02. The molecule has 0 bridgehead atoms. The molecule has 1 aliphatic rings. The summed E-state index contributed by atoms with van der Waals surface area (Å²) in [4.78, 5) is 22.1. The number of ether oxygens (including phenoxy) is 4. The van der Waals surface area contributed by atoms with Gasteiger partial charge in [0.25, 0.3) is 0 Å². The summed E-state index contributed by atoms with van der Waals surface area (Å²) in [6, 6.07) is 0. The lowest BCUT2D eigenvalue weighted by atomic mass is 9.88. The Bertz CT molecular complexity index is 329. The largest absolute Gasteiger partial charge is 0.457 e. The van der Waals surface area contributed by atoms with Crippen LogP contribution in [0.4, 0.5) is 0 Å². The highest BCUT2D eigenvalue weighted by atomic mass is 16.7. The van der Waals surface area contributed by atoms with Crippen LogP contribution in [0.25, 0.3) is 0 Å². The second kappa shape index (κ2) is 5.67. The molecule has 18 heavy (non-hydrogen) atoms.